The Labute approximate surface area is 122 Å². The van der Waals surface area contributed by atoms with Crippen LogP contribution in [0.1, 0.15) is 5.56 Å². The number of hydrogen-bond donors (Lipinski definition) is 0. The maximum atomic E-state index is 10.9. The SMILES string of the molecule is N#C/C(=C\c1ccccc1[N+](=O)[O-])[Se]c1ccccc1. The topological polar surface area (TPSA) is 66.9 Å². The summed E-state index contributed by atoms with van der Waals surface area (Å²) in [5.74, 6) is 0. The zero-order valence-electron chi connectivity index (χ0n) is 10.4. The molecule has 0 saturated heterocycles. The molecule has 0 heterocycles. The zero-order chi connectivity index (χ0) is 14.4. The van der Waals surface area contributed by atoms with E-state index in [0.717, 1.165) is 4.46 Å². The van der Waals surface area contributed by atoms with Crippen molar-refractivity contribution in [3.63, 3.8) is 0 Å². The number of nitro groups is 1. The summed E-state index contributed by atoms with van der Waals surface area (Å²) in [7, 11) is 0. The molecular formula is C15H10N2O2Se. The first kappa shape index (κ1) is 14.0. The van der Waals surface area contributed by atoms with Crippen molar-refractivity contribution < 1.29 is 4.92 Å². The van der Waals surface area contributed by atoms with Crippen molar-refractivity contribution in [3.05, 3.63) is 74.7 Å². The third-order valence-electron chi connectivity index (χ3n) is 2.50. The molecule has 0 aliphatic heterocycles. The monoisotopic (exact) mass is 330 g/mol. The second-order valence-corrected chi connectivity index (χ2v) is 6.19. The Morgan fingerprint density at radius 2 is 1.80 bits per heavy atom. The summed E-state index contributed by atoms with van der Waals surface area (Å²) in [6.45, 7) is 0. The van der Waals surface area contributed by atoms with E-state index >= 15 is 0 Å². The van der Waals surface area contributed by atoms with Crippen LogP contribution in [0.3, 0.4) is 0 Å². The number of para-hydroxylation sites is 1. The van der Waals surface area contributed by atoms with Crippen LogP contribution in [0.4, 0.5) is 5.69 Å². The molecule has 0 saturated carbocycles. The van der Waals surface area contributed by atoms with Gasteiger partial charge in [0.2, 0.25) is 0 Å². The van der Waals surface area contributed by atoms with E-state index < -0.39 is 4.92 Å². The fourth-order valence-electron chi connectivity index (χ4n) is 1.62. The van der Waals surface area contributed by atoms with Gasteiger partial charge in [-0.25, -0.2) is 0 Å². The molecule has 0 aromatic heterocycles. The molecule has 5 heteroatoms. The molecule has 0 aliphatic rings. The van der Waals surface area contributed by atoms with E-state index in [2.05, 4.69) is 6.07 Å². The molecule has 0 aliphatic carbocycles. The van der Waals surface area contributed by atoms with E-state index in [-0.39, 0.29) is 20.6 Å². The summed E-state index contributed by atoms with van der Waals surface area (Å²) in [5, 5.41) is 20.2. The average molecular weight is 329 g/mol. The van der Waals surface area contributed by atoms with Gasteiger partial charge in [0.25, 0.3) is 0 Å². The number of nitro benzene ring substituents is 1. The molecule has 0 atom stereocenters. The summed E-state index contributed by atoms with van der Waals surface area (Å²) >= 11 is -0.153. The molecule has 2 aromatic rings. The number of hydrogen-bond acceptors (Lipinski definition) is 3. The molecule has 4 nitrogen and oxygen atoms in total. The summed E-state index contributed by atoms with van der Waals surface area (Å²) in [5.41, 5.74) is 0.482. The number of nitriles is 1. The van der Waals surface area contributed by atoms with E-state index in [1.165, 1.54) is 6.07 Å². The van der Waals surface area contributed by atoms with Gasteiger partial charge in [0.1, 0.15) is 0 Å². The quantitative estimate of drug-likeness (QED) is 0.375. The first-order valence-electron chi connectivity index (χ1n) is 5.79. The standard InChI is InChI=1S/C15H10N2O2Se/c16-11-14(20-13-7-2-1-3-8-13)10-12-6-4-5-9-15(12)17(18)19/h1-10H/b14-10+. The van der Waals surface area contributed by atoms with Crippen molar-refractivity contribution >= 4 is 31.2 Å². The number of rotatable bonds is 4. The molecule has 0 amide bonds. The molecular weight excluding hydrogens is 319 g/mol. The summed E-state index contributed by atoms with van der Waals surface area (Å²) < 4.78 is 1.62. The van der Waals surface area contributed by atoms with Crippen molar-refractivity contribution in [2.24, 2.45) is 0 Å². The average Bonchev–Trinajstić information content (AvgIpc) is 2.48. The van der Waals surface area contributed by atoms with E-state index in [4.69, 9.17) is 0 Å². The third-order valence-corrected chi connectivity index (χ3v) is 4.47. The van der Waals surface area contributed by atoms with Gasteiger partial charge in [-0.2, -0.15) is 0 Å². The van der Waals surface area contributed by atoms with E-state index in [1.54, 1.807) is 24.3 Å². The zero-order valence-corrected chi connectivity index (χ0v) is 12.1. The van der Waals surface area contributed by atoms with Crippen LogP contribution in [0.5, 0.6) is 0 Å². The summed E-state index contributed by atoms with van der Waals surface area (Å²) in [4.78, 5) is 10.5. The summed E-state index contributed by atoms with van der Waals surface area (Å²) in [6.07, 6.45) is 1.60. The normalized spacial score (nSPS) is 10.8. The number of nitrogens with zero attached hydrogens (tertiary/aromatic N) is 2. The predicted octanol–water partition coefficient (Wildman–Crippen LogP) is 2.49. The Morgan fingerprint density at radius 1 is 1.15 bits per heavy atom. The Kier molecular flexibility index (Phi) is 4.67. The van der Waals surface area contributed by atoms with Gasteiger partial charge in [0.15, 0.2) is 0 Å². The van der Waals surface area contributed by atoms with Crippen LogP contribution in [0.25, 0.3) is 6.08 Å². The molecule has 0 fully saturated rings. The minimum absolute atomic E-state index is 0.0177. The van der Waals surface area contributed by atoms with E-state index in [1.807, 2.05) is 30.3 Å². The van der Waals surface area contributed by atoms with Gasteiger partial charge in [0.05, 0.1) is 0 Å². The van der Waals surface area contributed by atoms with Crippen LogP contribution in [0.15, 0.2) is 59.1 Å². The van der Waals surface area contributed by atoms with Crippen molar-refractivity contribution in [3.8, 4) is 6.07 Å². The Bertz CT molecular complexity index is 691. The van der Waals surface area contributed by atoms with Gasteiger partial charge in [0, 0.05) is 0 Å². The Hall–Kier alpha value is -2.41. The van der Waals surface area contributed by atoms with Gasteiger partial charge >= 0.3 is 122 Å². The van der Waals surface area contributed by atoms with Crippen LogP contribution in [0.2, 0.25) is 0 Å². The third kappa shape index (κ3) is 3.55. The molecule has 0 N–H and O–H groups in total. The van der Waals surface area contributed by atoms with Crippen molar-refractivity contribution in [2.45, 2.75) is 0 Å². The summed E-state index contributed by atoms with van der Waals surface area (Å²) in [6, 6.07) is 18.2. The van der Waals surface area contributed by atoms with Gasteiger partial charge in [-0.05, 0) is 0 Å². The number of benzene rings is 2. The van der Waals surface area contributed by atoms with Crippen molar-refractivity contribution in [1.82, 2.24) is 0 Å². The van der Waals surface area contributed by atoms with Crippen LogP contribution >= 0.6 is 0 Å². The molecule has 0 unspecified atom stereocenters. The van der Waals surface area contributed by atoms with Gasteiger partial charge in [-0.15, -0.1) is 0 Å². The van der Waals surface area contributed by atoms with Crippen LogP contribution in [-0.2, 0) is 0 Å². The first-order valence-corrected chi connectivity index (χ1v) is 7.50. The van der Waals surface area contributed by atoms with Gasteiger partial charge in [-0.3, -0.25) is 0 Å². The van der Waals surface area contributed by atoms with Crippen LogP contribution < -0.4 is 4.46 Å². The van der Waals surface area contributed by atoms with Crippen molar-refractivity contribution in [1.29, 1.82) is 5.26 Å². The molecule has 0 radical (unpaired) electrons. The predicted molar refractivity (Wildman–Crippen MR) is 78.5 cm³/mol. The minimum atomic E-state index is -0.434. The molecule has 0 spiro atoms. The van der Waals surface area contributed by atoms with E-state index in [9.17, 15) is 15.4 Å². The molecule has 20 heavy (non-hydrogen) atoms. The van der Waals surface area contributed by atoms with Crippen molar-refractivity contribution in [2.75, 3.05) is 0 Å². The van der Waals surface area contributed by atoms with Gasteiger partial charge in [-0.1, -0.05) is 0 Å². The first-order chi connectivity index (χ1) is 9.70. The fourth-order valence-corrected chi connectivity index (χ4v) is 3.25. The van der Waals surface area contributed by atoms with Gasteiger partial charge < -0.3 is 0 Å². The molecule has 2 aromatic carbocycles. The Morgan fingerprint density at radius 3 is 2.45 bits per heavy atom. The molecule has 2 rings (SSSR count). The van der Waals surface area contributed by atoms with E-state index in [0.29, 0.717) is 10.0 Å². The second kappa shape index (κ2) is 6.67. The Balaban J connectivity index is 2.33. The number of allylic oxidation sites excluding steroid dienone is 1. The molecule has 0 bridgehead atoms. The maximum absolute atomic E-state index is 10.9. The van der Waals surface area contributed by atoms with Crippen LogP contribution in [0, 0.1) is 21.4 Å². The fraction of sp³-hybridized carbons (Fsp3) is 0. The van der Waals surface area contributed by atoms with Crippen LogP contribution in [-0.4, -0.2) is 19.9 Å². The second-order valence-electron chi connectivity index (χ2n) is 3.85. The molecule has 98 valence electrons.